The molecule has 1 unspecified atom stereocenters. The van der Waals surface area contributed by atoms with Crippen LogP contribution in [0, 0.1) is 0 Å². The van der Waals surface area contributed by atoms with Crippen LogP contribution in [0.3, 0.4) is 0 Å². The standard InChI is InChI=1S/C13H19N3O4S/c1-16-8-10(4-6-13(16)17)15-21(18,19)12-7-9(14)3-5-11(12)20-2/h3,5,7,10,15H,4,6,8,14H2,1-2H3. The largest absolute Gasteiger partial charge is 0.495 e. The Kier molecular flexibility index (Phi) is 4.38. The second kappa shape index (κ2) is 5.90. The highest BCUT2D eigenvalue weighted by atomic mass is 32.2. The molecule has 1 aliphatic rings. The van der Waals surface area contributed by atoms with Gasteiger partial charge in [-0.2, -0.15) is 0 Å². The van der Waals surface area contributed by atoms with Gasteiger partial charge in [0.15, 0.2) is 0 Å². The van der Waals surface area contributed by atoms with Gasteiger partial charge in [-0.3, -0.25) is 4.79 Å². The molecule has 21 heavy (non-hydrogen) atoms. The molecule has 1 heterocycles. The number of nitrogens with two attached hydrogens (primary N) is 1. The fraction of sp³-hybridized carbons (Fsp3) is 0.462. The zero-order chi connectivity index (χ0) is 15.6. The summed E-state index contributed by atoms with van der Waals surface area (Å²) >= 11 is 0. The van der Waals surface area contributed by atoms with Gasteiger partial charge in [-0.05, 0) is 24.6 Å². The Morgan fingerprint density at radius 3 is 2.76 bits per heavy atom. The molecule has 1 fully saturated rings. The fourth-order valence-corrected chi connectivity index (χ4v) is 3.76. The van der Waals surface area contributed by atoms with Crippen LogP contribution >= 0.6 is 0 Å². The molecule has 8 heteroatoms. The van der Waals surface area contributed by atoms with Crippen LogP contribution in [-0.2, 0) is 14.8 Å². The molecular weight excluding hydrogens is 294 g/mol. The number of hydrogen-bond donors (Lipinski definition) is 2. The minimum atomic E-state index is -3.76. The topological polar surface area (TPSA) is 102 Å². The summed E-state index contributed by atoms with van der Waals surface area (Å²) in [6, 6.07) is 4.13. The van der Waals surface area contributed by atoms with Gasteiger partial charge in [0, 0.05) is 31.7 Å². The van der Waals surface area contributed by atoms with Gasteiger partial charge in [-0.15, -0.1) is 0 Å². The van der Waals surface area contributed by atoms with E-state index in [1.54, 1.807) is 13.1 Å². The predicted molar refractivity (Wildman–Crippen MR) is 78.4 cm³/mol. The Morgan fingerprint density at radius 1 is 1.43 bits per heavy atom. The Labute approximate surface area is 124 Å². The molecule has 1 atom stereocenters. The fourth-order valence-electron chi connectivity index (χ4n) is 2.29. The van der Waals surface area contributed by atoms with Crippen LogP contribution in [0.15, 0.2) is 23.1 Å². The van der Waals surface area contributed by atoms with Crippen LogP contribution in [0.4, 0.5) is 5.69 Å². The zero-order valence-electron chi connectivity index (χ0n) is 12.0. The summed E-state index contributed by atoms with van der Waals surface area (Å²) in [5.74, 6) is 0.254. The van der Waals surface area contributed by atoms with Crippen LogP contribution < -0.4 is 15.2 Å². The van der Waals surface area contributed by atoms with E-state index in [9.17, 15) is 13.2 Å². The quantitative estimate of drug-likeness (QED) is 0.772. The number of nitrogen functional groups attached to an aromatic ring is 1. The molecule has 0 bridgehead atoms. The maximum atomic E-state index is 12.5. The number of likely N-dealkylation sites (tertiary alicyclic amines) is 1. The number of benzene rings is 1. The van der Waals surface area contributed by atoms with Crippen LogP contribution in [-0.4, -0.2) is 46.0 Å². The van der Waals surface area contributed by atoms with Crippen LogP contribution in [0.2, 0.25) is 0 Å². The second-order valence-electron chi connectivity index (χ2n) is 5.04. The summed E-state index contributed by atoms with van der Waals surface area (Å²) < 4.78 is 32.6. The Balaban J connectivity index is 2.23. The molecule has 1 amide bonds. The number of piperidine rings is 1. The van der Waals surface area contributed by atoms with Gasteiger partial charge in [-0.1, -0.05) is 0 Å². The van der Waals surface area contributed by atoms with E-state index < -0.39 is 10.0 Å². The Morgan fingerprint density at radius 2 is 2.14 bits per heavy atom. The first-order valence-electron chi connectivity index (χ1n) is 6.53. The van der Waals surface area contributed by atoms with E-state index in [1.165, 1.54) is 24.1 Å². The van der Waals surface area contributed by atoms with Gasteiger partial charge in [0.25, 0.3) is 0 Å². The summed E-state index contributed by atoms with van der Waals surface area (Å²) in [6.07, 6.45) is 0.810. The summed E-state index contributed by atoms with van der Waals surface area (Å²) in [5.41, 5.74) is 5.99. The highest BCUT2D eigenvalue weighted by Crippen LogP contribution is 2.26. The van der Waals surface area contributed by atoms with E-state index >= 15 is 0 Å². The molecule has 3 N–H and O–H groups in total. The summed E-state index contributed by atoms with van der Waals surface area (Å²) in [6.45, 7) is 0.350. The molecule has 0 saturated carbocycles. The Bertz CT molecular complexity index is 645. The summed E-state index contributed by atoms with van der Waals surface area (Å²) in [4.78, 5) is 13.0. The van der Waals surface area contributed by atoms with E-state index in [0.29, 0.717) is 25.1 Å². The molecule has 1 aromatic rings. The van der Waals surface area contributed by atoms with Gasteiger partial charge >= 0.3 is 0 Å². The van der Waals surface area contributed by atoms with Crippen molar-refractivity contribution < 1.29 is 17.9 Å². The van der Waals surface area contributed by atoms with Crippen molar-refractivity contribution in [2.75, 3.05) is 26.4 Å². The van der Waals surface area contributed by atoms with Crippen LogP contribution in [0.1, 0.15) is 12.8 Å². The van der Waals surface area contributed by atoms with Crippen molar-refractivity contribution in [3.8, 4) is 5.75 Å². The number of nitrogens with zero attached hydrogens (tertiary/aromatic N) is 1. The maximum absolute atomic E-state index is 12.5. The maximum Gasteiger partial charge on any atom is 0.244 e. The van der Waals surface area contributed by atoms with Gasteiger partial charge < -0.3 is 15.4 Å². The van der Waals surface area contributed by atoms with Crippen molar-refractivity contribution in [1.29, 1.82) is 0 Å². The van der Waals surface area contributed by atoms with E-state index in [0.717, 1.165) is 0 Å². The molecule has 1 saturated heterocycles. The predicted octanol–water partition coefficient (Wildman–Crippen LogP) is 0.176. The van der Waals surface area contributed by atoms with Gasteiger partial charge in [0.05, 0.1) is 7.11 Å². The summed E-state index contributed by atoms with van der Waals surface area (Å²) in [5, 5.41) is 0. The molecule has 1 aromatic carbocycles. The van der Waals surface area contributed by atoms with Gasteiger partial charge in [0.2, 0.25) is 15.9 Å². The Hall–Kier alpha value is -1.80. The van der Waals surface area contributed by atoms with Crippen molar-refractivity contribution in [2.24, 2.45) is 0 Å². The minimum Gasteiger partial charge on any atom is -0.495 e. The monoisotopic (exact) mass is 313 g/mol. The molecular formula is C13H19N3O4S. The lowest BCUT2D eigenvalue weighted by molar-refractivity contribution is -0.132. The number of carbonyl (C=O) groups excluding carboxylic acids is 1. The zero-order valence-corrected chi connectivity index (χ0v) is 12.8. The van der Waals surface area contributed by atoms with E-state index in [2.05, 4.69) is 4.72 Å². The number of hydrogen-bond acceptors (Lipinski definition) is 5. The first kappa shape index (κ1) is 15.6. The highest BCUT2D eigenvalue weighted by molar-refractivity contribution is 7.89. The van der Waals surface area contributed by atoms with Crippen molar-refractivity contribution in [2.45, 2.75) is 23.8 Å². The molecule has 0 aliphatic carbocycles. The van der Waals surface area contributed by atoms with E-state index in [4.69, 9.17) is 10.5 Å². The lowest BCUT2D eigenvalue weighted by Gasteiger charge is -2.30. The van der Waals surface area contributed by atoms with Gasteiger partial charge in [0.1, 0.15) is 10.6 Å². The lowest BCUT2D eigenvalue weighted by Crippen LogP contribution is -2.48. The molecule has 2 rings (SSSR count). The summed E-state index contributed by atoms with van der Waals surface area (Å²) in [7, 11) is -0.702. The van der Waals surface area contributed by atoms with E-state index in [1.807, 2.05) is 0 Å². The first-order valence-corrected chi connectivity index (χ1v) is 8.01. The van der Waals surface area contributed by atoms with Crippen LogP contribution in [0.25, 0.3) is 0 Å². The third-order valence-electron chi connectivity index (χ3n) is 3.43. The molecule has 0 spiro atoms. The smallest absolute Gasteiger partial charge is 0.244 e. The molecule has 0 radical (unpaired) electrons. The first-order chi connectivity index (χ1) is 9.83. The van der Waals surface area contributed by atoms with Crippen molar-refractivity contribution in [3.05, 3.63) is 18.2 Å². The van der Waals surface area contributed by atoms with Crippen molar-refractivity contribution in [1.82, 2.24) is 9.62 Å². The van der Waals surface area contributed by atoms with Crippen molar-refractivity contribution >= 4 is 21.6 Å². The number of amides is 1. The number of methoxy groups -OCH3 is 1. The number of likely N-dealkylation sites (N-methyl/N-ethyl adjacent to an activating group) is 1. The molecule has 0 aromatic heterocycles. The number of anilines is 1. The lowest BCUT2D eigenvalue weighted by atomic mass is 10.1. The normalized spacial score (nSPS) is 19.6. The van der Waals surface area contributed by atoms with Crippen LogP contribution in [0.5, 0.6) is 5.75 Å². The minimum absolute atomic E-state index is 0.00422. The number of carbonyl (C=O) groups is 1. The molecule has 116 valence electrons. The van der Waals surface area contributed by atoms with E-state index in [-0.39, 0.29) is 22.6 Å². The average Bonchev–Trinajstić information content (AvgIpc) is 2.42. The third kappa shape index (κ3) is 3.45. The molecule has 1 aliphatic heterocycles. The average molecular weight is 313 g/mol. The molecule has 7 nitrogen and oxygen atoms in total. The number of ether oxygens (including phenoxy) is 1. The number of sulfonamides is 1. The SMILES string of the molecule is COc1ccc(N)cc1S(=O)(=O)NC1CCC(=O)N(C)C1. The number of rotatable bonds is 4. The highest BCUT2D eigenvalue weighted by Gasteiger charge is 2.28. The second-order valence-corrected chi connectivity index (χ2v) is 6.72. The number of nitrogens with one attached hydrogen (secondary N) is 1. The third-order valence-corrected chi connectivity index (χ3v) is 4.97. The van der Waals surface area contributed by atoms with Crippen molar-refractivity contribution in [3.63, 3.8) is 0 Å². The van der Waals surface area contributed by atoms with Gasteiger partial charge in [-0.25, -0.2) is 13.1 Å².